The smallest absolute Gasteiger partial charge is 0.243 e. The SMILES string of the molecule is Cc1ccc2c(c1)nc(CN1CCN(S(=O)(=O)c3ccc(Cl)cc3)CC1)n2C. The van der Waals surface area contributed by atoms with Crippen molar-refractivity contribution in [2.45, 2.75) is 18.4 Å². The average molecular weight is 419 g/mol. The first-order valence-corrected chi connectivity index (χ1v) is 11.1. The molecule has 2 aromatic carbocycles. The topological polar surface area (TPSA) is 58.4 Å². The van der Waals surface area contributed by atoms with E-state index >= 15 is 0 Å². The highest BCUT2D eigenvalue weighted by Crippen LogP contribution is 2.21. The van der Waals surface area contributed by atoms with E-state index in [-0.39, 0.29) is 4.90 Å². The van der Waals surface area contributed by atoms with E-state index in [0.717, 1.165) is 16.9 Å². The zero-order chi connectivity index (χ0) is 19.9. The molecule has 4 rings (SSSR count). The van der Waals surface area contributed by atoms with Crippen LogP contribution in [-0.2, 0) is 23.6 Å². The Hall–Kier alpha value is -1.93. The summed E-state index contributed by atoms with van der Waals surface area (Å²) in [6, 6.07) is 12.6. The van der Waals surface area contributed by atoms with Crippen molar-refractivity contribution in [2.75, 3.05) is 26.2 Å². The lowest BCUT2D eigenvalue weighted by atomic mass is 10.2. The van der Waals surface area contributed by atoms with Crippen molar-refractivity contribution in [3.63, 3.8) is 0 Å². The lowest BCUT2D eigenvalue weighted by Gasteiger charge is -2.33. The number of imidazole rings is 1. The van der Waals surface area contributed by atoms with Gasteiger partial charge in [-0.2, -0.15) is 4.31 Å². The van der Waals surface area contributed by atoms with Gasteiger partial charge in [0.1, 0.15) is 5.82 Å². The van der Waals surface area contributed by atoms with Crippen LogP contribution in [0, 0.1) is 6.92 Å². The summed E-state index contributed by atoms with van der Waals surface area (Å²) < 4.78 is 29.3. The molecule has 0 radical (unpaired) electrons. The highest BCUT2D eigenvalue weighted by Gasteiger charge is 2.28. The maximum absolute atomic E-state index is 12.8. The summed E-state index contributed by atoms with van der Waals surface area (Å²) in [6.07, 6.45) is 0. The van der Waals surface area contributed by atoms with Gasteiger partial charge in [0, 0.05) is 38.2 Å². The van der Waals surface area contributed by atoms with Crippen LogP contribution in [-0.4, -0.2) is 53.4 Å². The Kier molecular flexibility index (Phi) is 5.18. The second-order valence-electron chi connectivity index (χ2n) is 7.21. The van der Waals surface area contributed by atoms with Gasteiger partial charge in [0.15, 0.2) is 0 Å². The van der Waals surface area contributed by atoms with Crippen molar-refractivity contribution in [1.29, 1.82) is 0 Å². The standard InChI is InChI=1S/C20H23ClN4O2S/c1-15-3-8-19-18(13-15)22-20(23(19)2)14-24-9-11-25(12-10-24)28(26,27)17-6-4-16(21)5-7-17/h3-8,13H,9-12,14H2,1-2H3. The molecule has 0 saturated carbocycles. The predicted molar refractivity (Wildman–Crippen MR) is 111 cm³/mol. The Morgan fingerprint density at radius 2 is 1.71 bits per heavy atom. The number of halogens is 1. The Labute approximate surface area is 170 Å². The first kappa shape index (κ1) is 19.4. The van der Waals surface area contributed by atoms with Gasteiger partial charge in [0.25, 0.3) is 0 Å². The summed E-state index contributed by atoms with van der Waals surface area (Å²) in [7, 11) is -1.45. The minimum Gasteiger partial charge on any atom is -0.330 e. The molecular formula is C20H23ClN4O2S. The molecule has 1 aliphatic heterocycles. The van der Waals surface area contributed by atoms with Crippen LogP contribution in [0.25, 0.3) is 11.0 Å². The maximum atomic E-state index is 12.8. The summed E-state index contributed by atoms with van der Waals surface area (Å²) in [6.45, 7) is 5.05. The number of piperazine rings is 1. The lowest BCUT2D eigenvalue weighted by molar-refractivity contribution is 0.177. The lowest BCUT2D eigenvalue weighted by Crippen LogP contribution is -2.48. The normalized spacial score (nSPS) is 16.7. The van der Waals surface area contributed by atoms with E-state index in [4.69, 9.17) is 16.6 Å². The van der Waals surface area contributed by atoms with Gasteiger partial charge in [0.2, 0.25) is 10.0 Å². The van der Waals surface area contributed by atoms with Crippen molar-refractivity contribution in [3.05, 3.63) is 58.9 Å². The summed E-state index contributed by atoms with van der Waals surface area (Å²) in [4.78, 5) is 7.31. The van der Waals surface area contributed by atoms with E-state index in [1.807, 2.05) is 7.05 Å². The van der Waals surface area contributed by atoms with Crippen LogP contribution in [0.15, 0.2) is 47.4 Å². The van der Waals surface area contributed by atoms with Gasteiger partial charge in [-0.1, -0.05) is 17.7 Å². The van der Waals surface area contributed by atoms with E-state index in [2.05, 4.69) is 34.6 Å². The fourth-order valence-corrected chi connectivity index (χ4v) is 5.13. The van der Waals surface area contributed by atoms with Crippen LogP contribution in [0.2, 0.25) is 5.02 Å². The Morgan fingerprint density at radius 1 is 1.04 bits per heavy atom. The molecule has 2 heterocycles. The molecule has 28 heavy (non-hydrogen) atoms. The summed E-state index contributed by atoms with van der Waals surface area (Å²) in [5.41, 5.74) is 3.31. The first-order valence-electron chi connectivity index (χ1n) is 9.24. The molecule has 1 aromatic heterocycles. The molecule has 1 saturated heterocycles. The van der Waals surface area contributed by atoms with Crippen molar-refractivity contribution in [1.82, 2.24) is 18.8 Å². The largest absolute Gasteiger partial charge is 0.330 e. The van der Waals surface area contributed by atoms with E-state index in [1.54, 1.807) is 28.6 Å². The fraction of sp³-hybridized carbons (Fsp3) is 0.350. The minimum absolute atomic E-state index is 0.288. The monoisotopic (exact) mass is 418 g/mol. The number of nitrogens with zero attached hydrogens (tertiary/aromatic N) is 4. The highest BCUT2D eigenvalue weighted by atomic mass is 35.5. The molecule has 0 amide bonds. The quantitative estimate of drug-likeness (QED) is 0.653. The number of aromatic nitrogens is 2. The number of rotatable bonds is 4. The second-order valence-corrected chi connectivity index (χ2v) is 9.59. The van der Waals surface area contributed by atoms with Gasteiger partial charge in [-0.3, -0.25) is 4.90 Å². The summed E-state index contributed by atoms with van der Waals surface area (Å²) in [5, 5.41) is 0.529. The van der Waals surface area contributed by atoms with Gasteiger partial charge in [0.05, 0.1) is 22.5 Å². The number of aryl methyl sites for hydroxylation is 2. The Balaban J connectivity index is 1.44. The van der Waals surface area contributed by atoms with Gasteiger partial charge >= 0.3 is 0 Å². The number of hydrogen-bond acceptors (Lipinski definition) is 4. The first-order chi connectivity index (χ1) is 13.3. The van der Waals surface area contributed by atoms with E-state index in [0.29, 0.717) is 37.7 Å². The van der Waals surface area contributed by atoms with Crippen LogP contribution in [0.3, 0.4) is 0 Å². The van der Waals surface area contributed by atoms with Gasteiger partial charge in [-0.05, 0) is 48.9 Å². The third-order valence-corrected chi connectivity index (χ3v) is 7.44. The molecule has 0 bridgehead atoms. The van der Waals surface area contributed by atoms with Crippen molar-refractivity contribution >= 4 is 32.7 Å². The van der Waals surface area contributed by atoms with Gasteiger partial charge in [-0.25, -0.2) is 13.4 Å². The van der Waals surface area contributed by atoms with Gasteiger partial charge in [-0.15, -0.1) is 0 Å². The Bertz CT molecular complexity index is 1100. The van der Waals surface area contributed by atoms with Gasteiger partial charge < -0.3 is 4.57 Å². The van der Waals surface area contributed by atoms with E-state index < -0.39 is 10.0 Å². The van der Waals surface area contributed by atoms with Crippen LogP contribution in [0.1, 0.15) is 11.4 Å². The Morgan fingerprint density at radius 3 is 2.39 bits per heavy atom. The number of hydrogen-bond donors (Lipinski definition) is 0. The third-order valence-electron chi connectivity index (χ3n) is 5.28. The van der Waals surface area contributed by atoms with Crippen molar-refractivity contribution in [2.24, 2.45) is 7.05 Å². The zero-order valence-electron chi connectivity index (χ0n) is 16.0. The van der Waals surface area contributed by atoms with Crippen LogP contribution >= 0.6 is 11.6 Å². The molecule has 1 fully saturated rings. The molecule has 0 atom stereocenters. The molecule has 0 N–H and O–H groups in total. The fourth-order valence-electron chi connectivity index (χ4n) is 3.58. The molecule has 1 aliphatic rings. The third kappa shape index (κ3) is 3.67. The van der Waals surface area contributed by atoms with Crippen LogP contribution in [0.4, 0.5) is 0 Å². The van der Waals surface area contributed by atoms with Crippen molar-refractivity contribution < 1.29 is 8.42 Å². The average Bonchev–Trinajstić information content (AvgIpc) is 2.97. The number of benzene rings is 2. The molecular weight excluding hydrogens is 396 g/mol. The van der Waals surface area contributed by atoms with Crippen LogP contribution in [0.5, 0.6) is 0 Å². The number of sulfonamides is 1. The molecule has 148 valence electrons. The second kappa shape index (κ2) is 7.48. The molecule has 3 aromatic rings. The number of fused-ring (bicyclic) bond motifs is 1. The molecule has 8 heteroatoms. The maximum Gasteiger partial charge on any atom is 0.243 e. The molecule has 0 aliphatic carbocycles. The van der Waals surface area contributed by atoms with Crippen molar-refractivity contribution in [3.8, 4) is 0 Å². The van der Waals surface area contributed by atoms with Crippen LogP contribution < -0.4 is 0 Å². The highest BCUT2D eigenvalue weighted by molar-refractivity contribution is 7.89. The zero-order valence-corrected chi connectivity index (χ0v) is 17.5. The molecule has 0 spiro atoms. The van der Waals surface area contributed by atoms with E-state index in [9.17, 15) is 8.42 Å². The predicted octanol–water partition coefficient (Wildman–Crippen LogP) is 3.04. The minimum atomic E-state index is -3.48. The van der Waals surface area contributed by atoms with E-state index in [1.165, 1.54) is 5.56 Å². The summed E-state index contributed by atoms with van der Waals surface area (Å²) in [5.74, 6) is 0.995. The molecule has 0 unspecified atom stereocenters. The summed E-state index contributed by atoms with van der Waals surface area (Å²) >= 11 is 5.87. The molecule has 6 nitrogen and oxygen atoms in total.